The number of hydrogen-bond acceptors (Lipinski definition) is 5. The quantitative estimate of drug-likeness (QED) is 0.628. The number of amides is 2. The van der Waals surface area contributed by atoms with Crippen molar-refractivity contribution in [2.45, 2.75) is 12.1 Å². The molecular formula is C13H14N2O4S. The van der Waals surface area contributed by atoms with Crippen molar-refractivity contribution in [1.29, 1.82) is 0 Å². The van der Waals surface area contributed by atoms with E-state index in [2.05, 4.69) is 6.58 Å². The number of urea groups is 1. The highest BCUT2D eigenvalue weighted by Gasteiger charge is 2.51. The van der Waals surface area contributed by atoms with Gasteiger partial charge in [0.15, 0.2) is 6.04 Å². The summed E-state index contributed by atoms with van der Waals surface area (Å²) in [6, 6.07) is 0.775. The van der Waals surface area contributed by atoms with Crippen LogP contribution in [0.25, 0.3) is 0 Å². The van der Waals surface area contributed by atoms with Crippen LogP contribution in [0.15, 0.2) is 24.1 Å². The third-order valence-electron chi connectivity index (χ3n) is 3.49. The second-order valence-corrected chi connectivity index (χ2v) is 5.47. The molecule has 2 aliphatic heterocycles. The lowest BCUT2D eigenvalue weighted by Crippen LogP contribution is -2.38. The van der Waals surface area contributed by atoms with Crippen LogP contribution >= 0.6 is 11.3 Å². The van der Waals surface area contributed by atoms with E-state index < -0.39 is 12.0 Å². The molecule has 20 heavy (non-hydrogen) atoms. The molecule has 0 aromatic carbocycles. The number of carbonyl (C=O) groups is 2. The molecule has 3 rings (SSSR count). The highest BCUT2D eigenvalue weighted by atomic mass is 32.1. The highest BCUT2D eigenvalue weighted by Crippen LogP contribution is 2.46. The van der Waals surface area contributed by atoms with Crippen LogP contribution in [0, 0.1) is 0 Å². The monoisotopic (exact) mass is 294 g/mol. The molecule has 1 aromatic heterocycles. The summed E-state index contributed by atoms with van der Waals surface area (Å²) in [5.41, 5.74) is 0.955. The van der Waals surface area contributed by atoms with E-state index >= 15 is 0 Å². The Hall–Kier alpha value is -1.86. The van der Waals surface area contributed by atoms with Gasteiger partial charge in [-0.25, -0.2) is 9.59 Å². The lowest BCUT2D eigenvalue weighted by molar-refractivity contribution is -0.146. The largest absolute Gasteiger partial charge is 0.467 e. The molecule has 2 unspecified atom stereocenters. The Balaban J connectivity index is 2.00. The van der Waals surface area contributed by atoms with E-state index in [1.807, 2.05) is 11.4 Å². The average Bonchev–Trinajstić information content (AvgIpc) is 3.03. The predicted octanol–water partition coefficient (Wildman–Crippen LogP) is 1.87. The van der Waals surface area contributed by atoms with Gasteiger partial charge in [-0.1, -0.05) is 6.08 Å². The fraction of sp³-hybridized carbons (Fsp3) is 0.385. The van der Waals surface area contributed by atoms with Crippen molar-refractivity contribution in [2.75, 3.05) is 20.3 Å². The number of hydroxylamine groups is 2. The molecule has 0 saturated carbocycles. The van der Waals surface area contributed by atoms with Crippen molar-refractivity contribution in [3.63, 3.8) is 0 Å². The van der Waals surface area contributed by atoms with Crippen molar-refractivity contribution >= 4 is 23.3 Å². The molecule has 1 saturated heterocycles. The topological polar surface area (TPSA) is 59.1 Å². The SMILES string of the molecule is C=CCON1C(=O)N2CC1c1ccsc1C2C(=O)OC. The van der Waals surface area contributed by atoms with Crippen molar-refractivity contribution in [3.05, 3.63) is 34.5 Å². The van der Waals surface area contributed by atoms with E-state index in [-0.39, 0.29) is 18.7 Å². The lowest BCUT2D eigenvalue weighted by atomic mass is 10.00. The van der Waals surface area contributed by atoms with Gasteiger partial charge in [0.2, 0.25) is 0 Å². The number of carbonyl (C=O) groups excluding carboxylic acids is 2. The van der Waals surface area contributed by atoms with Crippen molar-refractivity contribution in [3.8, 4) is 0 Å². The molecule has 106 valence electrons. The third-order valence-corrected chi connectivity index (χ3v) is 4.47. The van der Waals surface area contributed by atoms with Crippen LogP contribution in [-0.4, -0.2) is 42.2 Å². The summed E-state index contributed by atoms with van der Waals surface area (Å²) in [7, 11) is 1.33. The standard InChI is InChI=1S/C13H14N2O4S/c1-3-5-19-15-9-7-14(13(15)17)10(12(16)18-2)11-8(9)4-6-20-11/h3-4,6,9-10H,1,5,7H2,2H3. The van der Waals surface area contributed by atoms with Crippen LogP contribution in [0.1, 0.15) is 22.5 Å². The Labute approximate surface area is 120 Å². The molecule has 1 fully saturated rings. The van der Waals surface area contributed by atoms with Crippen molar-refractivity contribution in [1.82, 2.24) is 9.96 Å². The summed E-state index contributed by atoms with van der Waals surface area (Å²) in [6.45, 7) is 4.25. The number of fused-ring (bicyclic) bond motifs is 4. The summed E-state index contributed by atoms with van der Waals surface area (Å²) >= 11 is 1.46. The Morgan fingerprint density at radius 1 is 1.65 bits per heavy atom. The predicted molar refractivity (Wildman–Crippen MR) is 71.9 cm³/mol. The Kier molecular flexibility index (Phi) is 3.23. The van der Waals surface area contributed by atoms with Gasteiger partial charge >= 0.3 is 12.0 Å². The van der Waals surface area contributed by atoms with Crippen LogP contribution < -0.4 is 0 Å². The van der Waals surface area contributed by atoms with E-state index in [4.69, 9.17) is 9.57 Å². The van der Waals surface area contributed by atoms with Gasteiger partial charge in [-0.05, 0) is 17.0 Å². The van der Waals surface area contributed by atoms with Gasteiger partial charge in [-0.2, -0.15) is 5.06 Å². The van der Waals surface area contributed by atoms with E-state index in [9.17, 15) is 9.59 Å². The molecule has 0 N–H and O–H groups in total. The van der Waals surface area contributed by atoms with Gasteiger partial charge in [-0.15, -0.1) is 17.9 Å². The molecule has 0 spiro atoms. The average molecular weight is 294 g/mol. The Morgan fingerprint density at radius 2 is 2.45 bits per heavy atom. The minimum atomic E-state index is -0.670. The first-order valence-corrected chi connectivity index (χ1v) is 7.05. The third kappa shape index (κ3) is 1.74. The summed E-state index contributed by atoms with van der Waals surface area (Å²) in [5, 5.41) is 3.24. The number of esters is 1. The highest BCUT2D eigenvalue weighted by molar-refractivity contribution is 7.10. The molecule has 2 bridgehead atoms. The first kappa shape index (κ1) is 13.1. The van der Waals surface area contributed by atoms with Gasteiger partial charge in [0.1, 0.15) is 6.04 Å². The van der Waals surface area contributed by atoms with E-state index in [0.717, 1.165) is 10.4 Å². The summed E-state index contributed by atoms with van der Waals surface area (Å²) in [5.74, 6) is -0.425. The van der Waals surface area contributed by atoms with Gasteiger partial charge in [-0.3, -0.25) is 4.84 Å². The smallest absolute Gasteiger partial charge is 0.345 e. The molecule has 7 heteroatoms. The minimum Gasteiger partial charge on any atom is -0.467 e. The Morgan fingerprint density at radius 3 is 3.15 bits per heavy atom. The maximum Gasteiger partial charge on any atom is 0.345 e. The molecule has 2 aliphatic rings. The maximum atomic E-state index is 12.4. The summed E-state index contributed by atoms with van der Waals surface area (Å²) in [6.07, 6.45) is 1.58. The van der Waals surface area contributed by atoms with Crippen molar-refractivity contribution < 1.29 is 19.2 Å². The zero-order valence-corrected chi connectivity index (χ0v) is 11.8. The number of methoxy groups -OCH3 is 1. The van der Waals surface area contributed by atoms with E-state index in [1.54, 1.807) is 6.08 Å². The van der Waals surface area contributed by atoms with E-state index in [0.29, 0.717) is 6.54 Å². The fourth-order valence-electron chi connectivity index (χ4n) is 2.63. The van der Waals surface area contributed by atoms with Crippen LogP contribution in [0.3, 0.4) is 0 Å². The molecule has 0 radical (unpaired) electrons. The zero-order valence-electron chi connectivity index (χ0n) is 10.9. The number of thiophene rings is 1. The Bertz CT molecular complexity index is 570. The number of nitrogens with zero attached hydrogens (tertiary/aromatic N) is 2. The molecule has 2 amide bonds. The first-order valence-electron chi connectivity index (χ1n) is 6.17. The van der Waals surface area contributed by atoms with Crippen molar-refractivity contribution in [2.24, 2.45) is 0 Å². The molecule has 6 nitrogen and oxygen atoms in total. The van der Waals surface area contributed by atoms with Gasteiger partial charge < -0.3 is 9.64 Å². The second-order valence-electron chi connectivity index (χ2n) is 4.53. The molecule has 1 aromatic rings. The molecule has 0 aliphatic carbocycles. The van der Waals surface area contributed by atoms with Crippen LogP contribution in [-0.2, 0) is 14.4 Å². The first-order chi connectivity index (χ1) is 9.69. The minimum absolute atomic E-state index is 0.176. The maximum absolute atomic E-state index is 12.4. The number of hydrogen-bond donors (Lipinski definition) is 0. The summed E-state index contributed by atoms with van der Waals surface area (Å²) < 4.78 is 4.83. The molecular weight excluding hydrogens is 280 g/mol. The normalized spacial score (nSPS) is 23.8. The number of ether oxygens (including phenoxy) is 1. The lowest BCUT2D eigenvalue weighted by Gasteiger charge is -2.28. The van der Waals surface area contributed by atoms with Gasteiger partial charge in [0.05, 0.1) is 20.3 Å². The zero-order chi connectivity index (χ0) is 14.3. The fourth-order valence-corrected chi connectivity index (χ4v) is 3.69. The number of rotatable bonds is 4. The van der Waals surface area contributed by atoms with E-state index in [1.165, 1.54) is 28.4 Å². The molecule has 3 heterocycles. The van der Waals surface area contributed by atoms with Crippen LogP contribution in [0.5, 0.6) is 0 Å². The second kappa shape index (κ2) is 4.92. The van der Waals surface area contributed by atoms with Gasteiger partial charge in [0, 0.05) is 4.88 Å². The molecule has 2 atom stereocenters. The summed E-state index contributed by atoms with van der Waals surface area (Å²) in [4.78, 5) is 32.2. The van der Waals surface area contributed by atoms with Crippen LogP contribution in [0.2, 0.25) is 0 Å². The van der Waals surface area contributed by atoms with Gasteiger partial charge in [0.25, 0.3) is 0 Å². The van der Waals surface area contributed by atoms with Crippen LogP contribution in [0.4, 0.5) is 4.79 Å².